The van der Waals surface area contributed by atoms with Crippen molar-refractivity contribution in [3.63, 3.8) is 0 Å². The number of nitrogens with zero attached hydrogens (tertiary/aromatic N) is 1. The number of carbonyl (C=O) groups excluding carboxylic acids is 3. The fourth-order valence-corrected chi connectivity index (χ4v) is 4.15. The Kier molecular flexibility index (Phi) is 5.05. The van der Waals surface area contributed by atoms with E-state index in [0.29, 0.717) is 19.4 Å². The Morgan fingerprint density at radius 2 is 1.90 bits per heavy atom. The Morgan fingerprint density at radius 3 is 2.69 bits per heavy atom. The fourth-order valence-electron chi connectivity index (χ4n) is 4.15. The third-order valence-electron chi connectivity index (χ3n) is 5.60. The van der Waals surface area contributed by atoms with E-state index in [0.717, 1.165) is 34.4 Å². The predicted molar refractivity (Wildman–Crippen MR) is 104 cm³/mol. The van der Waals surface area contributed by atoms with Crippen LogP contribution < -0.4 is 10.6 Å². The molecule has 1 spiro atoms. The molecule has 1 fully saturated rings. The van der Waals surface area contributed by atoms with Gasteiger partial charge in [0.05, 0.1) is 0 Å². The topological polar surface area (TPSA) is 78.5 Å². The molecule has 1 aliphatic heterocycles. The van der Waals surface area contributed by atoms with Crippen LogP contribution >= 0.6 is 0 Å². The van der Waals surface area contributed by atoms with Crippen LogP contribution in [0.15, 0.2) is 48.5 Å². The highest BCUT2D eigenvalue weighted by Gasteiger charge is 2.54. The monoisotopic (exact) mass is 395 g/mol. The Labute approximate surface area is 168 Å². The highest BCUT2D eigenvalue weighted by molar-refractivity contribution is 6.09. The van der Waals surface area contributed by atoms with E-state index in [1.807, 2.05) is 24.3 Å². The quantitative estimate of drug-likeness (QED) is 0.763. The van der Waals surface area contributed by atoms with E-state index in [9.17, 15) is 18.8 Å². The molecule has 0 radical (unpaired) electrons. The predicted octanol–water partition coefficient (Wildman–Crippen LogP) is 2.27. The van der Waals surface area contributed by atoms with E-state index in [4.69, 9.17) is 0 Å². The highest BCUT2D eigenvalue weighted by Crippen LogP contribution is 2.39. The van der Waals surface area contributed by atoms with Crippen LogP contribution in [0.5, 0.6) is 0 Å². The Balaban J connectivity index is 1.40. The second-order valence-corrected chi connectivity index (χ2v) is 7.46. The summed E-state index contributed by atoms with van der Waals surface area (Å²) in [6.07, 6.45) is 2.71. The number of hydrogen-bond acceptors (Lipinski definition) is 3. The summed E-state index contributed by atoms with van der Waals surface area (Å²) in [6.45, 7) is 0.0140. The van der Waals surface area contributed by atoms with Crippen molar-refractivity contribution in [2.24, 2.45) is 0 Å². The molecular formula is C22H22FN3O3. The Hall–Kier alpha value is -3.22. The molecule has 2 aromatic rings. The molecule has 4 rings (SSSR count). The van der Waals surface area contributed by atoms with Gasteiger partial charge in [0.15, 0.2) is 0 Å². The van der Waals surface area contributed by atoms with Crippen LogP contribution in [0.2, 0.25) is 0 Å². The van der Waals surface area contributed by atoms with E-state index in [2.05, 4.69) is 10.6 Å². The second kappa shape index (κ2) is 7.66. The zero-order valence-corrected chi connectivity index (χ0v) is 15.9. The van der Waals surface area contributed by atoms with Crippen molar-refractivity contribution in [1.29, 1.82) is 0 Å². The van der Waals surface area contributed by atoms with E-state index in [1.54, 1.807) is 12.1 Å². The molecule has 0 aromatic heterocycles. The van der Waals surface area contributed by atoms with Crippen molar-refractivity contribution >= 4 is 17.8 Å². The van der Waals surface area contributed by atoms with Crippen molar-refractivity contribution in [1.82, 2.24) is 15.5 Å². The van der Waals surface area contributed by atoms with E-state index in [1.165, 1.54) is 12.1 Å². The molecule has 0 saturated carbocycles. The average molecular weight is 395 g/mol. The first-order valence-electron chi connectivity index (χ1n) is 9.73. The Bertz CT molecular complexity index is 960. The third kappa shape index (κ3) is 3.60. The highest BCUT2D eigenvalue weighted by atomic mass is 19.1. The van der Waals surface area contributed by atoms with Crippen LogP contribution in [0.1, 0.15) is 29.5 Å². The van der Waals surface area contributed by atoms with Crippen LogP contribution in [0.25, 0.3) is 0 Å². The molecule has 2 N–H and O–H groups in total. The van der Waals surface area contributed by atoms with Crippen LogP contribution in [-0.2, 0) is 28.0 Å². The maximum Gasteiger partial charge on any atom is 0.325 e. The number of halogens is 1. The Morgan fingerprint density at radius 1 is 1.14 bits per heavy atom. The van der Waals surface area contributed by atoms with Gasteiger partial charge in [-0.15, -0.1) is 0 Å². The largest absolute Gasteiger partial charge is 0.354 e. The van der Waals surface area contributed by atoms with Crippen molar-refractivity contribution in [3.05, 3.63) is 71.0 Å². The number of hydrogen-bond donors (Lipinski definition) is 2. The van der Waals surface area contributed by atoms with Gasteiger partial charge in [0.2, 0.25) is 5.91 Å². The standard InChI is InChI=1S/C22H22FN3O3/c23-17-9-7-15(8-10-17)11-13-24-19(27)14-26-20(28)22(25-21(26)29)12-3-5-16-4-1-2-6-18(16)22/h1-2,4,6-10H,3,5,11-14H2,(H,24,27)(H,25,29)/t22-/m0/s1. The molecule has 1 saturated heterocycles. The molecule has 0 bridgehead atoms. The van der Waals surface area contributed by atoms with Crippen LogP contribution in [-0.4, -0.2) is 35.8 Å². The summed E-state index contributed by atoms with van der Waals surface area (Å²) >= 11 is 0. The van der Waals surface area contributed by atoms with Crippen molar-refractivity contribution in [2.45, 2.75) is 31.2 Å². The maximum atomic E-state index is 13.1. The first-order chi connectivity index (χ1) is 14.0. The van der Waals surface area contributed by atoms with E-state index in [-0.39, 0.29) is 18.3 Å². The lowest BCUT2D eigenvalue weighted by atomic mass is 9.76. The van der Waals surface area contributed by atoms with Gasteiger partial charge in [-0.05, 0) is 54.5 Å². The summed E-state index contributed by atoms with van der Waals surface area (Å²) in [6, 6.07) is 13.1. The smallest absolute Gasteiger partial charge is 0.325 e. The summed E-state index contributed by atoms with van der Waals surface area (Å²) in [5.41, 5.74) is 1.70. The SMILES string of the molecule is O=C(CN1C(=O)N[C@]2(CCCc3ccccc32)C1=O)NCCc1ccc(F)cc1. The summed E-state index contributed by atoms with van der Waals surface area (Å²) in [5.74, 6) is -1.09. The third-order valence-corrected chi connectivity index (χ3v) is 5.60. The molecule has 29 heavy (non-hydrogen) atoms. The van der Waals surface area contributed by atoms with Crippen molar-refractivity contribution < 1.29 is 18.8 Å². The molecule has 6 nitrogen and oxygen atoms in total. The number of rotatable bonds is 5. The van der Waals surface area contributed by atoms with Gasteiger partial charge < -0.3 is 10.6 Å². The van der Waals surface area contributed by atoms with Crippen molar-refractivity contribution in [2.75, 3.05) is 13.1 Å². The molecule has 4 amide bonds. The number of carbonyl (C=O) groups is 3. The average Bonchev–Trinajstić information content (AvgIpc) is 2.95. The van der Waals surface area contributed by atoms with Gasteiger partial charge in [0, 0.05) is 6.54 Å². The van der Waals surface area contributed by atoms with Crippen LogP contribution in [0.3, 0.4) is 0 Å². The number of fused-ring (bicyclic) bond motifs is 2. The molecule has 2 aromatic carbocycles. The zero-order valence-electron chi connectivity index (χ0n) is 15.9. The van der Waals surface area contributed by atoms with E-state index >= 15 is 0 Å². The fraction of sp³-hybridized carbons (Fsp3) is 0.318. The van der Waals surface area contributed by atoms with Gasteiger partial charge in [0.1, 0.15) is 17.9 Å². The molecule has 150 valence electrons. The van der Waals surface area contributed by atoms with Crippen LogP contribution in [0.4, 0.5) is 9.18 Å². The minimum absolute atomic E-state index is 0.311. The molecule has 2 aliphatic rings. The number of nitrogens with one attached hydrogen (secondary N) is 2. The number of aryl methyl sites for hydroxylation is 1. The summed E-state index contributed by atoms with van der Waals surface area (Å²) < 4.78 is 12.9. The number of benzene rings is 2. The van der Waals surface area contributed by atoms with Gasteiger partial charge in [-0.1, -0.05) is 36.4 Å². The van der Waals surface area contributed by atoms with Gasteiger partial charge in [-0.3, -0.25) is 14.5 Å². The first kappa shape index (κ1) is 19.1. The zero-order chi connectivity index (χ0) is 20.4. The summed E-state index contributed by atoms with van der Waals surface area (Å²) in [5, 5.41) is 5.56. The molecule has 7 heteroatoms. The lowest BCUT2D eigenvalue weighted by Gasteiger charge is -2.33. The molecular weight excluding hydrogens is 373 g/mol. The molecule has 0 unspecified atom stereocenters. The number of imide groups is 1. The summed E-state index contributed by atoms with van der Waals surface area (Å²) in [4.78, 5) is 39.0. The van der Waals surface area contributed by atoms with Gasteiger partial charge >= 0.3 is 6.03 Å². The van der Waals surface area contributed by atoms with E-state index < -0.39 is 17.5 Å². The molecule has 1 aliphatic carbocycles. The first-order valence-corrected chi connectivity index (χ1v) is 9.73. The minimum Gasteiger partial charge on any atom is -0.354 e. The number of urea groups is 1. The van der Waals surface area contributed by atoms with Gasteiger partial charge in [0.25, 0.3) is 5.91 Å². The van der Waals surface area contributed by atoms with Gasteiger partial charge in [-0.25, -0.2) is 9.18 Å². The van der Waals surface area contributed by atoms with Crippen molar-refractivity contribution in [3.8, 4) is 0 Å². The van der Waals surface area contributed by atoms with Crippen LogP contribution in [0, 0.1) is 5.82 Å². The molecule has 1 heterocycles. The minimum atomic E-state index is -1.07. The number of amides is 4. The normalized spacial score (nSPS) is 20.5. The lowest BCUT2D eigenvalue weighted by Crippen LogP contribution is -2.47. The summed E-state index contributed by atoms with van der Waals surface area (Å²) in [7, 11) is 0. The molecule has 1 atom stereocenters. The lowest BCUT2D eigenvalue weighted by molar-refractivity contribution is -0.135. The maximum absolute atomic E-state index is 13.1. The second-order valence-electron chi connectivity index (χ2n) is 7.46. The van der Waals surface area contributed by atoms with Gasteiger partial charge in [-0.2, -0.15) is 0 Å².